The van der Waals surface area contributed by atoms with Gasteiger partial charge in [0.25, 0.3) is 0 Å². The first-order valence-electron chi connectivity index (χ1n) is 7.42. The molecule has 0 fully saturated rings. The third kappa shape index (κ3) is 3.85. The lowest BCUT2D eigenvalue weighted by Gasteiger charge is -2.20. The highest BCUT2D eigenvalue weighted by atomic mass is 16.2. The Bertz CT molecular complexity index is 577. The first-order valence-corrected chi connectivity index (χ1v) is 7.42. The Morgan fingerprint density at radius 2 is 1.57 bits per heavy atom. The number of carbonyl (C=O) groups is 1. The van der Waals surface area contributed by atoms with E-state index in [9.17, 15) is 4.79 Å². The summed E-state index contributed by atoms with van der Waals surface area (Å²) in [7, 11) is 0. The zero-order chi connectivity index (χ0) is 15.1. The molecule has 110 valence electrons. The van der Waals surface area contributed by atoms with Gasteiger partial charge in [-0.05, 0) is 25.5 Å². The van der Waals surface area contributed by atoms with Crippen molar-refractivity contribution in [1.29, 1.82) is 0 Å². The molecule has 1 N–H and O–H groups in total. The molecule has 2 aromatic carbocycles. The highest BCUT2D eigenvalue weighted by Crippen LogP contribution is 2.27. The molecule has 2 rings (SSSR count). The Kier molecular flexibility index (Phi) is 5.38. The van der Waals surface area contributed by atoms with E-state index in [4.69, 9.17) is 0 Å². The number of nitrogens with zero attached hydrogens (tertiary/aromatic N) is 1. The summed E-state index contributed by atoms with van der Waals surface area (Å²) in [6.07, 6.45) is 0. The average Bonchev–Trinajstić information content (AvgIpc) is 2.55. The van der Waals surface area contributed by atoms with Gasteiger partial charge in [0.2, 0.25) is 5.91 Å². The van der Waals surface area contributed by atoms with Crippen molar-refractivity contribution in [1.82, 2.24) is 4.90 Å². The topological polar surface area (TPSA) is 32.3 Å². The first-order chi connectivity index (χ1) is 10.3. The van der Waals surface area contributed by atoms with E-state index < -0.39 is 0 Å². The van der Waals surface area contributed by atoms with Crippen molar-refractivity contribution in [2.24, 2.45) is 0 Å². The number of carbonyl (C=O) groups excluding carboxylic acids is 1. The van der Waals surface area contributed by atoms with Crippen LogP contribution in [0.3, 0.4) is 0 Å². The molecule has 0 saturated carbocycles. The molecule has 1 amide bonds. The molecule has 0 aromatic heterocycles. The van der Waals surface area contributed by atoms with Crippen molar-refractivity contribution in [3.63, 3.8) is 0 Å². The summed E-state index contributed by atoms with van der Waals surface area (Å²) in [4.78, 5) is 13.9. The van der Waals surface area contributed by atoms with Crippen molar-refractivity contribution in [2.75, 3.05) is 25.0 Å². The second kappa shape index (κ2) is 7.48. The molecule has 0 saturated heterocycles. The fourth-order valence-electron chi connectivity index (χ4n) is 2.37. The molecule has 0 unspecified atom stereocenters. The number of nitrogens with one attached hydrogen (secondary N) is 1. The maximum atomic E-state index is 12.1. The van der Waals surface area contributed by atoms with Gasteiger partial charge < -0.3 is 10.2 Å². The van der Waals surface area contributed by atoms with E-state index in [0.717, 1.165) is 29.9 Å². The molecule has 21 heavy (non-hydrogen) atoms. The van der Waals surface area contributed by atoms with E-state index in [1.54, 1.807) is 0 Å². The van der Waals surface area contributed by atoms with Crippen molar-refractivity contribution >= 4 is 11.6 Å². The van der Waals surface area contributed by atoms with Crippen LogP contribution in [0, 0.1) is 0 Å². The monoisotopic (exact) mass is 282 g/mol. The number of likely N-dealkylation sites (N-methyl/N-ethyl adjacent to an activating group) is 1. The number of amides is 1. The predicted molar refractivity (Wildman–Crippen MR) is 88.3 cm³/mol. The summed E-state index contributed by atoms with van der Waals surface area (Å²) < 4.78 is 0. The van der Waals surface area contributed by atoms with Gasteiger partial charge in [-0.3, -0.25) is 4.79 Å². The SMILES string of the molecule is CCN(CC)C(=O)CNc1ccccc1-c1ccccc1. The zero-order valence-corrected chi connectivity index (χ0v) is 12.7. The minimum Gasteiger partial charge on any atom is -0.376 e. The van der Waals surface area contributed by atoms with Gasteiger partial charge in [-0.25, -0.2) is 0 Å². The van der Waals surface area contributed by atoms with Gasteiger partial charge in [-0.2, -0.15) is 0 Å². The van der Waals surface area contributed by atoms with Crippen LogP contribution >= 0.6 is 0 Å². The van der Waals surface area contributed by atoms with E-state index in [2.05, 4.69) is 23.5 Å². The van der Waals surface area contributed by atoms with E-state index in [-0.39, 0.29) is 5.91 Å². The first kappa shape index (κ1) is 15.1. The number of para-hydroxylation sites is 1. The Labute approximate surface area is 126 Å². The standard InChI is InChI=1S/C18H22N2O/c1-3-20(4-2)18(21)14-19-17-13-9-8-12-16(17)15-10-6-5-7-11-15/h5-13,19H,3-4,14H2,1-2H3. The van der Waals surface area contributed by atoms with Crippen LogP contribution in [0.25, 0.3) is 11.1 Å². The third-order valence-electron chi connectivity index (χ3n) is 3.56. The van der Waals surface area contributed by atoms with E-state index >= 15 is 0 Å². The molecule has 0 bridgehead atoms. The van der Waals surface area contributed by atoms with Crippen molar-refractivity contribution in [3.05, 3.63) is 54.6 Å². The van der Waals surface area contributed by atoms with Gasteiger partial charge >= 0.3 is 0 Å². The molecule has 0 radical (unpaired) electrons. The fraction of sp³-hybridized carbons (Fsp3) is 0.278. The predicted octanol–water partition coefficient (Wildman–Crippen LogP) is 3.63. The lowest BCUT2D eigenvalue weighted by atomic mass is 10.0. The molecule has 0 aliphatic carbocycles. The number of benzene rings is 2. The van der Waals surface area contributed by atoms with Crippen LogP contribution in [0.15, 0.2) is 54.6 Å². The summed E-state index contributed by atoms with van der Waals surface area (Å²) in [6.45, 7) is 5.82. The average molecular weight is 282 g/mol. The van der Waals surface area contributed by atoms with Crippen molar-refractivity contribution in [2.45, 2.75) is 13.8 Å². The molecule has 0 spiro atoms. The quantitative estimate of drug-likeness (QED) is 0.877. The van der Waals surface area contributed by atoms with Crippen LogP contribution in [0.4, 0.5) is 5.69 Å². The Morgan fingerprint density at radius 1 is 0.952 bits per heavy atom. The smallest absolute Gasteiger partial charge is 0.241 e. The summed E-state index contributed by atoms with van der Waals surface area (Å²) in [5, 5.41) is 3.27. The number of hydrogen-bond acceptors (Lipinski definition) is 2. The van der Waals surface area contributed by atoms with Gasteiger partial charge in [0.15, 0.2) is 0 Å². The molecule has 0 atom stereocenters. The Hall–Kier alpha value is -2.29. The maximum absolute atomic E-state index is 12.1. The van der Waals surface area contributed by atoms with Gasteiger partial charge in [0.05, 0.1) is 6.54 Å². The highest BCUT2D eigenvalue weighted by Gasteiger charge is 2.10. The second-order valence-electron chi connectivity index (χ2n) is 4.83. The van der Waals surface area contributed by atoms with E-state index in [1.165, 1.54) is 0 Å². The van der Waals surface area contributed by atoms with Crippen LogP contribution in [0.5, 0.6) is 0 Å². The third-order valence-corrected chi connectivity index (χ3v) is 3.56. The second-order valence-corrected chi connectivity index (χ2v) is 4.83. The number of hydrogen-bond donors (Lipinski definition) is 1. The minimum atomic E-state index is 0.128. The molecular formula is C18H22N2O. The van der Waals surface area contributed by atoms with Crippen LogP contribution < -0.4 is 5.32 Å². The summed E-state index contributed by atoms with van der Waals surface area (Å²) in [5.41, 5.74) is 3.26. The van der Waals surface area contributed by atoms with Gasteiger partial charge in [-0.15, -0.1) is 0 Å². The zero-order valence-electron chi connectivity index (χ0n) is 12.7. The highest BCUT2D eigenvalue weighted by molar-refractivity contribution is 5.84. The molecule has 3 heteroatoms. The van der Waals surface area contributed by atoms with Crippen LogP contribution in [0.1, 0.15) is 13.8 Å². The molecule has 2 aromatic rings. The molecule has 0 aliphatic heterocycles. The van der Waals surface area contributed by atoms with Gasteiger partial charge in [-0.1, -0.05) is 48.5 Å². The summed E-state index contributed by atoms with van der Waals surface area (Å²) in [6, 6.07) is 18.3. The van der Waals surface area contributed by atoms with E-state index in [0.29, 0.717) is 6.54 Å². The lowest BCUT2D eigenvalue weighted by molar-refractivity contribution is -0.128. The summed E-state index contributed by atoms with van der Waals surface area (Å²) >= 11 is 0. The maximum Gasteiger partial charge on any atom is 0.241 e. The van der Waals surface area contributed by atoms with Crippen molar-refractivity contribution < 1.29 is 4.79 Å². The minimum absolute atomic E-state index is 0.128. The molecule has 0 aliphatic rings. The Morgan fingerprint density at radius 3 is 2.24 bits per heavy atom. The van der Waals surface area contributed by atoms with Gasteiger partial charge in [0, 0.05) is 24.3 Å². The van der Waals surface area contributed by atoms with Crippen LogP contribution in [-0.2, 0) is 4.79 Å². The van der Waals surface area contributed by atoms with Gasteiger partial charge in [0.1, 0.15) is 0 Å². The normalized spacial score (nSPS) is 10.2. The number of anilines is 1. The van der Waals surface area contributed by atoms with Crippen LogP contribution in [-0.4, -0.2) is 30.4 Å². The van der Waals surface area contributed by atoms with Crippen LogP contribution in [0.2, 0.25) is 0 Å². The molecular weight excluding hydrogens is 260 g/mol. The molecule has 3 nitrogen and oxygen atoms in total. The lowest BCUT2D eigenvalue weighted by Crippen LogP contribution is -2.35. The van der Waals surface area contributed by atoms with E-state index in [1.807, 2.05) is 55.1 Å². The fourth-order valence-corrected chi connectivity index (χ4v) is 2.37. The summed E-state index contributed by atoms with van der Waals surface area (Å²) in [5.74, 6) is 0.128. The van der Waals surface area contributed by atoms with Crippen molar-refractivity contribution in [3.8, 4) is 11.1 Å². The molecule has 0 heterocycles. The Balaban J connectivity index is 2.13. The largest absolute Gasteiger partial charge is 0.376 e. The number of rotatable bonds is 6.